The van der Waals surface area contributed by atoms with Crippen LogP contribution in [0.4, 0.5) is 5.13 Å². The molecule has 0 radical (unpaired) electrons. The Bertz CT molecular complexity index is 974. The number of hydrogen-bond acceptors (Lipinski definition) is 6. The maximum atomic E-state index is 12.4. The number of hydrogen-bond donors (Lipinski definition) is 1. The molecule has 26 heavy (non-hydrogen) atoms. The van der Waals surface area contributed by atoms with Crippen LogP contribution in [-0.4, -0.2) is 31.2 Å². The molecule has 4 rings (SSSR count). The zero-order valence-corrected chi connectivity index (χ0v) is 15.2. The van der Waals surface area contributed by atoms with Gasteiger partial charge in [0.15, 0.2) is 10.9 Å². The van der Waals surface area contributed by atoms with E-state index in [1.807, 2.05) is 0 Å². The van der Waals surface area contributed by atoms with Gasteiger partial charge in [0.2, 0.25) is 0 Å². The first-order valence-electron chi connectivity index (χ1n) is 8.20. The molecule has 0 aromatic carbocycles. The Kier molecular flexibility index (Phi) is 3.91. The van der Waals surface area contributed by atoms with Gasteiger partial charge in [0.25, 0.3) is 5.91 Å². The molecule has 0 fully saturated rings. The van der Waals surface area contributed by atoms with E-state index in [-0.39, 0.29) is 17.1 Å². The van der Waals surface area contributed by atoms with Gasteiger partial charge in [0, 0.05) is 25.0 Å². The molecule has 0 unspecified atom stereocenters. The molecule has 1 aliphatic rings. The van der Waals surface area contributed by atoms with E-state index in [9.17, 15) is 9.59 Å². The minimum Gasteiger partial charge on any atom is -0.298 e. The summed E-state index contributed by atoms with van der Waals surface area (Å²) in [5.74, 6) is 0.477. The summed E-state index contributed by atoms with van der Waals surface area (Å²) >= 11 is 1.24. The standard InChI is InChI=1S/C18H17N5O2S/c1-18(2)7-12-15(13(24)8-18)26-17(21-12)22-16(25)11-3-4-14(20-9-11)23-6-5-19-10-23/h3-6,9-10H,7-8H2,1-2H3,(H,21,22,25). The normalized spacial score (nSPS) is 15.5. The van der Waals surface area contributed by atoms with Crippen molar-refractivity contribution in [2.75, 3.05) is 5.32 Å². The number of pyridine rings is 1. The molecule has 3 aromatic heterocycles. The van der Waals surface area contributed by atoms with Gasteiger partial charge in [0.05, 0.1) is 16.1 Å². The third-order valence-corrected chi connectivity index (χ3v) is 5.29. The predicted molar refractivity (Wildman–Crippen MR) is 97.9 cm³/mol. The van der Waals surface area contributed by atoms with Gasteiger partial charge in [-0.3, -0.25) is 19.5 Å². The van der Waals surface area contributed by atoms with Crippen molar-refractivity contribution in [1.29, 1.82) is 0 Å². The number of anilines is 1. The van der Waals surface area contributed by atoms with Crippen molar-refractivity contribution in [3.05, 3.63) is 53.2 Å². The van der Waals surface area contributed by atoms with Crippen LogP contribution in [0.25, 0.3) is 5.82 Å². The molecule has 1 N–H and O–H groups in total. The monoisotopic (exact) mass is 367 g/mol. The van der Waals surface area contributed by atoms with E-state index in [0.29, 0.717) is 27.8 Å². The highest BCUT2D eigenvalue weighted by atomic mass is 32.1. The van der Waals surface area contributed by atoms with Crippen molar-refractivity contribution in [3.8, 4) is 5.82 Å². The summed E-state index contributed by atoms with van der Waals surface area (Å²) in [5, 5.41) is 3.22. The van der Waals surface area contributed by atoms with E-state index in [4.69, 9.17) is 0 Å². The van der Waals surface area contributed by atoms with Crippen molar-refractivity contribution in [1.82, 2.24) is 19.5 Å². The number of amides is 1. The van der Waals surface area contributed by atoms with Gasteiger partial charge in [-0.25, -0.2) is 15.0 Å². The van der Waals surface area contributed by atoms with Crippen LogP contribution < -0.4 is 5.32 Å². The third-order valence-electron chi connectivity index (χ3n) is 4.24. The second-order valence-electron chi connectivity index (χ2n) is 7.06. The molecule has 0 atom stereocenters. The summed E-state index contributed by atoms with van der Waals surface area (Å²) in [6.07, 6.45) is 7.83. The van der Waals surface area contributed by atoms with Crippen molar-refractivity contribution in [2.24, 2.45) is 5.41 Å². The van der Waals surface area contributed by atoms with Crippen LogP contribution in [-0.2, 0) is 6.42 Å². The highest BCUT2D eigenvalue weighted by Crippen LogP contribution is 2.38. The lowest BCUT2D eigenvalue weighted by Gasteiger charge is -2.26. The molecule has 0 spiro atoms. The number of ketones is 1. The summed E-state index contributed by atoms with van der Waals surface area (Å²) < 4.78 is 1.75. The van der Waals surface area contributed by atoms with Crippen molar-refractivity contribution in [3.63, 3.8) is 0 Å². The number of nitrogens with one attached hydrogen (secondary N) is 1. The minimum atomic E-state index is -0.299. The summed E-state index contributed by atoms with van der Waals surface area (Å²) in [4.78, 5) is 38.1. The fourth-order valence-corrected chi connectivity index (χ4v) is 3.93. The van der Waals surface area contributed by atoms with Crippen LogP contribution in [0.3, 0.4) is 0 Å². The van der Waals surface area contributed by atoms with Gasteiger partial charge in [-0.1, -0.05) is 25.2 Å². The molecule has 0 saturated heterocycles. The van der Waals surface area contributed by atoms with Crippen molar-refractivity contribution < 1.29 is 9.59 Å². The number of nitrogens with zero attached hydrogens (tertiary/aromatic N) is 4. The molecule has 7 nitrogen and oxygen atoms in total. The molecule has 1 aliphatic carbocycles. The Labute approximate surface area is 154 Å². The van der Waals surface area contributed by atoms with Gasteiger partial charge in [-0.05, 0) is 24.0 Å². The highest BCUT2D eigenvalue weighted by Gasteiger charge is 2.34. The molecule has 3 aromatic rings. The number of fused-ring (bicyclic) bond motifs is 1. The number of imidazole rings is 1. The molecule has 1 amide bonds. The average molecular weight is 367 g/mol. The van der Waals surface area contributed by atoms with Crippen LogP contribution >= 0.6 is 11.3 Å². The van der Waals surface area contributed by atoms with Crippen molar-refractivity contribution in [2.45, 2.75) is 26.7 Å². The van der Waals surface area contributed by atoms with Gasteiger partial charge in [-0.15, -0.1) is 0 Å². The first-order valence-corrected chi connectivity index (χ1v) is 9.02. The first-order chi connectivity index (χ1) is 12.4. The summed E-state index contributed by atoms with van der Waals surface area (Å²) in [6, 6.07) is 3.44. The van der Waals surface area contributed by atoms with Crippen LogP contribution in [0.2, 0.25) is 0 Å². The Morgan fingerprint density at radius 1 is 1.31 bits per heavy atom. The van der Waals surface area contributed by atoms with Crippen LogP contribution in [0.15, 0.2) is 37.1 Å². The number of thiazole rings is 1. The average Bonchev–Trinajstić information content (AvgIpc) is 3.23. The number of aromatic nitrogens is 4. The molecule has 0 saturated carbocycles. The molecule has 0 bridgehead atoms. The number of carbonyl (C=O) groups is 2. The largest absolute Gasteiger partial charge is 0.298 e. The zero-order chi connectivity index (χ0) is 18.3. The molecule has 8 heteroatoms. The molecule has 3 heterocycles. The molecule has 132 valence electrons. The van der Waals surface area contributed by atoms with Gasteiger partial charge in [0.1, 0.15) is 12.1 Å². The highest BCUT2D eigenvalue weighted by molar-refractivity contribution is 7.17. The molecule has 0 aliphatic heterocycles. The first kappa shape index (κ1) is 16.6. The van der Waals surface area contributed by atoms with E-state index >= 15 is 0 Å². The fraction of sp³-hybridized carbons (Fsp3) is 0.278. The van der Waals surface area contributed by atoms with Gasteiger partial charge in [-0.2, -0.15) is 0 Å². The lowest BCUT2D eigenvalue weighted by molar-refractivity contribution is 0.0915. The lowest BCUT2D eigenvalue weighted by atomic mass is 9.78. The van der Waals surface area contributed by atoms with E-state index in [1.54, 1.807) is 35.4 Å². The Morgan fingerprint density at radius 2 is 2.15 bits per heavy atom. The summed E-state index contributed by atoms with van der Waals surface area (Å²) in [5.41, 5.74) is 1.11. The fourth-order valence-electron chi connectivity index (χ4n) is 3.01. The lowest BCUT2D eigenvalue weighted by Crippen LogP contribution is -2.26. The zero-order valence-electron chi connectivity index (χ0n) is 14.4. The maximum absolute atomic E-state index is 12.4. The summed E-state index contributed by atoms with van der Waals surface area (Å²) in [7, 11) is 0. The van der Waals surface area contributed by atoms with Gasteiger partial charge < -0.3 is 0 Å². The predicted octanol–water partition coefficient (Wildman–Crippen LogP) is 3.13. The quantitative estimate of drug-likeness (QED) is 0.768. The maximum Gasteiger partial charge on any atom is 0.259 e. The van der Waals surface area contributed by atoms with Crippen molar-refractivity contribution >= 4 is 28.2 Å². The summed E-state index contributed by atoms with van der Waals surface area (Å²) in [6.45, 7) is 4.11. The van der Waals surface area contributed by atoms with E-state index in [1.165, 1.54) is 17.5 Å². The third kappa shape index (κ3) is 3.15. The second-order valence-corrected chi connectivity index (χ2v) is 8.06. The topological polar surface area (TPSA) is 89.8 Å². The van der Waals surface area contributed by atoms with E-state index < -0.39 is 0 Å². The Morgan fingerprint density at radius 3 is 2.85 bits per heavy atom. The number of rotatable bonds is 3. The van der Waals surface area contributed by atoms with Crippen LogP contribution in [0.5, 0.6) is 0 Å². The second kappa shape index (κ2) is 6.14. The van der Waals surface area contributed by atoms with Gasteiger partial charge >= 0.3 is 0 Å². The smallest absolute Gasteiger partial charge is 0.259 e. The van der Waals surface area contributed by atoms with Crippen LogP contribution in [0.1, 0.15) is 46.0 Å². The minimum absolute atomic E-state index is 0.0908. The Hall–Kier alpha value is -2.87. The number of carbonyl (C=O) groups excluding carboxylic acids is 2. The van der Waals surface area contributed by atoms with E-state index in [2.05, 4.69) is 34.1 Å². The SMILES string of the molecule is CC1(C)CC(=O)c2sc(NC(=O)c3ccc(-n4ccnc4)nc3)nc2C1. The number of Topliss-reactive ketones (excluding diaryl/α,β-unsaturated/α-hetero) is 1. The van der Waals surface area contributed by atoms with E-state index in [0.717, 1.165) is 12.1 Å². The molecular formula is C18H17N5O2S. The molecular weight excluding hydrogens is 350 g/mol. The Balaban J connectivity index is 1.51. The van der Waals surface area contributed by atoms with Crippen LogP contribution in [0, 0.1) is 5.41 Å².